The number of benzene rings is 1. The van der Waals surface area contributed by atoms with Crippen LogP contribution in [0.2, 0.25) is 0 Å². The van der Waals surface area contributed by atoms with Crippen LogP contribution >= 0.6 is 0 Å². The molecule has 1 heterocycles. The van der Waals surface area contributed by atoms with Crippen LogP contribution in [0.25, 0.3) is 0 Å². The summed E-state index contributed by atoms with van der Waals surface area (Å²) in [5.74, 6) is -0.784. The maximum atomic E-state index is 13.3. The number of rotatable bonds is 4. The van der Waals surface area contributed by atoms with Crippen LogP contribution < -0.4 is 10.2 Å². The quantitative estimate of drug-likeness (QED) is 0.878. The van der Waals surface area contributed by atoms with Crippen molar-refractivity contribution in [3.05, 3.63) is 29.6 Å². The van der Waals surface area contributed by atoms with Crippen LogP contribution in [0.4, 0.5) is 10.1 Å². The molecule has 136 valence electrons. The van der Waals surface area contributed by atoms with E-state index < -0.39 is 11.6 Å². The Morgan fingerprint density at radius 1 is 1.36 bits per heavy atom. The van der Waals surface area contributed by atoms with Crippen LogP contribution in [0.15, 0.2) is 18.2 Å². The van der Waals surface area contributed by atoms with Crippen molar-refractivity contribution in [1.29, 1.82) is 0 Å². The number of anilines is 1. The molecule has 2 fully saturated rings. The molecule has 1 aromatic carbocycles. The number of carbonyl (C=O) groups is 2. The highest BCUT2D eigenvalue weighted by molar-refractivity contribution is 6.00. The minimum atomic E-state index is -0.922. The first kappa shape index (κ1) is 17.9. The number of nitrogens with one attached hydrogen (secondary N) is 1. The molecule has 0 bridgehead atoms. The van der Waals surface area contributed by atoms with E-state index in [1.54, 1.807) is 17.9 Å². The van der Waals surface area contributed by atoms with Gasteiger partial charge in [-0.1, -0.05) is 12.8 Å². The van der Waals surface area contributed by atoms with E-state index in [2.05, 4.69) is 5.32 Å². The number of nitrogens with zero attached hydrogens (tertiary/aromatic N) is 1. The van der Waals surface area contributed by atoms with Crippen LogP contribution in [0.5, 0.6) is 0 Å². The number of aryl methyl sites for hydroxylation is 1. The number of carbonyl (C=O) groups excluding carboxylic acids is 2. The van der Waals surface area contributed by atoms with E-state index in [1.807, 2.05) is 0 Å². The minimum absolute atomic E-state index is 0.0480. The lowest BCUT2D eigenvalue weighted by Gasteiger charge is -2.34. The fraction of sp³-hybridized carbons (Fsp3) is 0.579. The van der Waals surface area contributed by atoms with Crippen molar-refractivity contribution in [3.63, 3.8) is 0 Å². The summed E-state index contributed by atoms with van der Waals surface area (Å²) >= 11 is 0. The molecule has 3 rings (SSSR count). The lowest BCUT2D eigenvalue weighted by Crippen LogP contribution is -2.53. The molecule has 1 aliphatic heterocycles. The van der Waals surface area contributed by atoms with Gasteiger partial charge in [0.25, 0.3) is 0 Å². The number of aliphatic hydroxyl groups is 1. The Balaban J connectivity index is 1.66. The maximum absolute atomic E-state index is 13.3. The van der Waals surface area contributed by atoms with Gasteiger partial charge < -0.3 is 15.3 Å². The third kappa shape index (κ3) is 4.00. The lowest BCUT2D eigenvalue weighted by atomic mass is 9.96. The fourth-order valence-electron chi connectivity index (χ4n) is 3.92. The highest BCUT2D eigenvalue weighted by atomic mass is 19.1. The van der Waals surface area contributed by atoms with Crippen LogP contribution in [-0.4, -0.2) is 35.1 Å². The van der Waals surface area contributed by atoms with Crippen molar-refractivity contribution < 1.29 is 19.1 Å². The summed E-state index contributed by atoms with van der Waals surface area (Å²) < 4.78 is 13.3. The first-order valence-corrected chi connectivity index (χ1v) is 8.97. The molecule has 25 heavy (non-hydrogen) atoms. The maximum Gasteiger partial charge on any atom is 0.249 e. The Labute approximate surface area is 147 Å². The van der Waals surface area contributed by atoms with E-state index >= 15 is 0 Å². The summed E-state index contributed by atoms with van der Waals surface area (Å²) in [6.07, 6.45) is 4.54. The topological polar surface area (TPSA) is 69.6 Å². The van der Waals surface area contributed by atoms with Crippen molar-refractivity contribution in [2.45, 2.75) is 63.5 Å². The fourth-order valence-corrected chi connectivity index (χ4v) is 3.92. The molecule has 1 saturated carbocycles. The van der Waals surface area contributed by atoms with E-state index in [1.165, 1.54) is 12.1 Å². The molecule has 5 nitrogen and oxygen atoms in total. The number of amides is 2. The van der Waals surface area contributed by atoms with E-state index in [-0.39, 0.29) is 24.1 Å². The summed E-state index contributed by atoms with van der Waals surface area (Å²) in [5.41, 5.74) is 0.454. The van der Waals surface area contributed by atoms with Gasteiger partial charge in [0.15, 0.2) is 0 Å². The van der Waals surface area contributed by atoms with Gasteiger partial charge in [0, 0.05) is 12.2 Å². The van der Waals surface area contributed by atoms with Gasteiger partial charge in [-0.15, -0.1) is 0 Å². The normalized spacial score (nSPS) is 22.9. The molecule has 1 aliphatic carbocycles. The van der Waals surface area contributed by atoms with Crippen molar-refractivity contribution >= 4 is 17.5 Å². The second kappa shape index (κ2) is 7.12. The number of halogens is 1. The van der Waals surface area contributed by atoms with Gasteiger partial charge in [-0.3, -0.25) is 9.59 Å². The van der Waals surface area contributed by atoms with E-state index in [9.17, 15) is 19.1 Å². The standard InChI is InChI=1S/C19H25FN2O3/c1-13-11-14(20)6-7-16(13)22-10-4-5-15(18(22)24)21-17(23)12-19(25)8-2-3-9-19/h6-7,11,15,25H,2-5,8-10,12H2,1H3,(H,21,23)/t15-/m1/s1. The lowest BCUT2D eigenvalue weighted by molar-refractivity contribution is -0.131. The van der Waals surface area contributed by atoms with E-state index in [4.69, 9.17) is 0 Å². The van der Waals surface area contributed by atoms with Gasteiger partial charge in [-0.25, -0.2) is 4.39 Å². The van der Waals surface area contributed by atoms with Crippen LogP contribution in [0, 0.1) is 12.7 Å². The van der Waals surface area contributed by atoms with Gasteiger partial charge in [-0.05, 0) is 56.4 Å². The predicted molar refractivity (Wildman–Crippen MR) is 92.7 cm³/mol. The highest BCUT2D eigenvalue weighted by Gasteiger charge is 2.36. The molecule has 1 atom stereocenters. The van der Waals surface area contributed by atoms with Gasteiger partial charge >= 0.3 is 0 Å². The zero-order chi connectivity index (χ0) is 18.0. The number of hydrogen-bond acceptors (Lipinski definition) is 3. The SMILES string of the molecule is Cc1cc(F)ccc1N1CCC[C@@H](NC(=O)CC2(O)CCCC2)C1=O. The average Bonchev–Trinajstić information content (AvgIpc) is 2.96. The van der Waals surface area contributed by atoms with Gasteiger partial charge in [0.2, 0.25) is 11.8 Å². The zero-order valence-electron chi connectivity index (χ0n) is 14.6. The van der Waals surface area contributed by atoms with Crippen molar-refractivity contribution in [1.82, 2.24) is 5.32 Å². The molecular weight excluding hydrogens is 323 g/mol. The molecule has 2 N–H and O–H groups in total. The summed E-state index contributed by atoms with van der Waals surface area (Å²) in [6, 6.07) is 3.76. The first-order valence-electron chi connectivity index (χ1n) is 8.97. The first-order chi connectivity index (χ1) is 11.9. The summed E-state index contributed by atoms with van der Waals surface area (Å²) in [7, 11) is 0. The van der Waals surface area contributed by atoms with Crippen LogP contribution in [0.3, 0.4) is 0 Å². The molecule has 1 aromatic rings. The predicted octanol–water partition coefficient (Wildman–Crippen LogP) is 2.44. The Hall–Kier alpha value is -1.95. The largest absolute Gasteiger partial charge is 0.389 e. The summed E-state index contributed by atoms with van der Waals surface area (Å²) in [4.78, 5) is 26.7. The second-order valence-corrected chi connectivity index (χ2v) is 7.29. The third-order valence-electron chi connectivity index (χ3n) is 5.25. The van der Waals surface area contributed by atoms with Crippen molar-refractivity contribution in [2.75, 3.05) is 11.4 Å². The Bertz CT molecular complexity index is 671. The minimum Gasteiger partial charge on any atom is -0.389 e. The summed E-state index contributed by atoms with van der Waals surface area (Å²) in [6.45, 7) is 2.32. The average molecular weight is 348 g/mol. The highest BCUT2D eigenvalue weighted by Crippen LogP contribution is 2.32. The third-order valence-corrected chi connectivity index (χ3v) is 5.25. The smallest absolute Gasteiger partial charge is 0.249 e. The van der Waals surface area contributed by atoms with Gasteiger partial charge in [0.1, 0.15) is 11.9 Å². The molecular formula is C19H25FN2O3. The molecule has 6 heteroatoms. The molecule has 2 amide bonds. The molecule has 0 spiro atoms. The van der Waals surface area contributed by atoms with Crippen molar-refractivity contribution in [2.24, 2.45) is 0 Å². The zero-order valence-corrected chi connectivity index (χ0v) is 14.6. The van der Waals surface area contributed by atoms with Gasteiger partial charge in [-0.2, -0.15) is 0 Å². The molecule has 1 saturated heterocycles. The molecule has 0 radical (unpaired) electrons. The second-order valence-electron chi connectivity index (χ2n) is 7.29. The molecule has 0 unspecified atom stereocenters. The Kier molecular flexibility index (Phi) is 5.08. The van der Waals surface area contributed by atoms with Gasteiger partial charge in [0.05, 0.1) is 12.0 Å². The monoisotopic (exact) mass is 348 g/mol. The number of piperidine rings is 1. The molecule has 0 aromatic heterocycles. The Morgan fingerprint density at radius 2 is 2.08 bits per heavy atom. The molecule has 2 aliphatic rings. The number of hydrogen-bond donors (Lipinski definition) is 2. The summed E-state index contributed by atoms with van der Waals surface area (Å²) in [5, 5.41) is 13.1. The van der Waals surface area contributed by atoms with Crippen LogP contribution in [0.1, 0.15) is 50.5 Å². The van der Waals surface area contributed by atoms with E-state index in [0.717, 1.165) is 19.3 Å². The van der Waals surface area contributed by atoms with Crippen LogP contribution in [-0.2, 0) is 9.59 Å². The Morgan fingerprint density at radius 3 is 2.76 bits per heavy atom. The van der Waals surface area contributed by atoms with E-state index in [0.29, 0.717) is 37.1 Å². The van der Waals surface area contributed by atoms with Crippen molar-refractivity contribution in [3.8, 4) is 0 Å².